The third kappa shape index (κ3) is 3.20. The summed E-state index contributed by atoms with van der Waals surface area (Å²) in [6, 6.07) is 16.8. The van der Waals surface area contributed by atoms with Gasteiger partial charge in [-0.15, -0.1) is 0 Å². The van der Waals surface area contributed by atoms with E-state index in [0.29, 0.717) is 0 Å². The normalized spacial score (nSPS) is 13.8. The minimum absolute atomic E-state index is 0.0582. The Kier molecular flexibility index (Phi) is 4.80. The molecule has 0 bridgehead atoms. The Morgan fingerprint density at radius 3 is 2.30 bits per heavy atom. The standard InChI is InChI=1S/C18H23NO/c1-13-9-8-12-17(14(13)2)20-15(3)18(19-4)16-10-6-5-7-11-16/h5-12,15,18-19H,1-4H3. The van der Waals surface area contributed by atoms with Crippen LogP contribution in [0.25, 0.3) is 0 Å². The Labute approximate surface area is 121 Å². The molecule has 1 N–H and O–H groups in total. The second-order valence-electron chi connectivity index (χ2n) is 5.20. The first-order chi connectivity index (χ1) is 9.63. The SMILES string of the molecule is CNC(c1ccccc1)C(C)Oc1cccc(C)c1C. The van der Waals surface area contributed by atoms with E-state index in [9.17, 15) is 0 Å². The maximum atomic E-state index is 6.17. The van der Waals surface area contributed by atoms with Crippen LogP contribution in [0.2, 0.25) is 0 Å². The van der Waals surface area contributed by atoms with Gasteiger partial charge in [-0.3, -0.25) is 0 Å². The minimum Gasteiger partial charge on any atom is -0.488 e. The van der Waals surface area contributed by atoms with Crippen molar-refractivity contribution in [1.29, 1.82) is 0 Å². The van der Waals surface area contributed by atoms with Crippen LogP contribution < -0.4 is 10.1 Å². The molecule has 0 aliphatic carbocycles. The largest absolute Gasteiger partial charge is 0.488 e. The number of nitrogens with one attached hydrogen (secondary N) is 1. The summed E-state index contributed by atoms with van der Waals surface area (Å²) in [6.07, 6.45) is 0.0582. The average molecular weight is 269 g/mol. The fourth-order valence-electron chi connectivity index (χ4n) is 2.45. The van der Waals surface area contributed by atoms with Crippen LogP contribution in [0.3, 0.4) is 0 Å². The summed E-state index contributed by atoms with van der Waals surface area (Å²) in [5.74, 6) is 0.966. The van der Waals surface area contributed by atoms with E-state index in [1.807, 2.05) is 25.2 Å². The summed E-state index contributed by atoms with van der Waals surface area (Å²) in [4.78, 5) is 0. The van der Waals surface area contributed by atoms with Crippen molar-refractivity contribution >= 4 is 0 Å². The molecular weight excluding hydrogens is 246 g/mol. The van der Waals surface area contributed by atoms with Gasteiger partial charge in [0.15, 0.2) is 0 Å². The Hall–Kier alpha value is -1.80. The summed E-state index contributed by atoms with van der Waals surface area (Å²) < 4.78 is 6.17. The van der Waals surface area contributed by atoms with Crippen molar-refractivity contribution in [3.63, 3.8) is 0 Å². The van der Waals surface area contributed by atoms with E-state index in [4.69, 9.17) is 4.74 Å². The van der Waals surface area contributed by atoms with Crippen LogP contribution in [0.5, 0.6) is 5.75 Å². The lowest BCUT2D eigenvalue weighted by Crippen LogP contribution is -2.31. The zero-order valence-electron chi connectivity index (χ0n) is 12.7. The maximum absolute atomic E-state index is 6.17. The number of hydrogen-bond donors (Lipinski definition) is 1. The molecule has 2 aromatic carbocycles. The molecule has 0 aromatic heterocycles. The van der Waals surface area contributed by atoms with Crippen molar-refractivity contribution < 1.29 is 4.74 Å². The Morgan fingerprint density at radius 2 is 1.65 bits per heavy atom. The number of ether oxygens (including phenoxy) is 1. The van der Waals surface area contributed by atoms with Crippen molar-refractivity contribution in [2.45, 2.75) is 32.9 Å². The molecule has 0 heterocycles. The third-order valence-corrected chi connectivity index (χ3v) is 3.81. The molecular formula is C18H23NO. The highest BCUT2D eigenvalue weighted by molar-refractivity contribution is 5.38. The Bertz CT molecular complexity index is 551. The third-order valence-electron chi connectivity index (χ3n) is 3.81. The first kappa shape index (κ1) is 14.6. The number of rotatable bonds is 5. The molecule has 0 aliphatic heterocycles. The lowest BCUT2D eigenvalue weighted by atomic mass is 10.0. The first-order valence-corrected chi connectivity index (χ1v) is 7.08. The van der Waals surface area contributed by atoms with Crippen molar-refractivity contribution in [2.24, 2.45) is 0 Å². The molecule has 2 unspecified atom stereocenters. The highest BCUT2D eigenvalue weighted by Crippen LogP contribution is 2.25. The summed E-state index contributed by atoms with van der Waals surface area (Å²) >= 11 is 0. The van der Waals surface area contributed by atoms with E-state index in [2.05, 4.69) is 56.4 Å². The van der Waals surface area contributed by atoms with E-state index in [-0.39, 0.29) is 12.1 Å². The predicted octanol–water partition coefficient (Wildman–Crippen LogP) is 4.03. The highest BCUT2D eigenvalue weighted by Gasteiger charge is 2.19. The van der Waals surface area contributed by atoms with Gasteiger partial charge in [-0.05, 0) is 50.6 Å². The van der Waals surface area contributed by atoms with E-state index < -0.39 is 0 Å². The average Bonchev–Trinajstić information content (AvgIpc) is 2.46. The van der Waals surface area contributed by atoms with Crippen LogP contribution in [0, 0.1) is 13.8 Å². The molecule has 0 saturated heterocycles. The van der Waals surface area contributed by atoms with Crippen molar-refractivity contribution in [3.05, 3.63) is 65.2 Å². The number of likely N-dealkylation sites (N-methyl/N-ethyl adjacent to an activating group) is 1. The molecule has 0 aliphatic rings. The molecule has 20 heavy (non-hydrogen) atoms. The van der Waals surface area contributed by atoms with Gasteiger partial charge in [-0.1, -0.05) is 42.5 Å². The van der Waals surface area contributed by atoms with Gasteiger partial charge < -0.3 is 10.1 Å². The molecule has 2 heteroatoms. The van der Waals surface area contributed by atoms with Gasteiger partial charge >= 0.3 is 0 Å². The molecule has 106 valence electrons. The van der Waals surface area contributed by atoms with E-state index in [1.54, 1.807) is 0 Å². The molecule has 0 fully saturated rings. The predicted molar refractivity (Wildman–Crippen MR) is 84.2 cm³/mol. The Balaban J connectivity index is 2.18. The molecule has 0 radical (unpaired) electrons. The van der Waals surface area contributed by atoms with Crippen LogP contribution in [-0.2, 0) is 0 Å². The van der Waals surface area contributed by atoms with Crippen LogP contribution in [-0.4, -0.2) is 13.2 Å². The zero-order valence-corrected chi connectivity index (χ0v) is 12.7. The molecule has 2 aromatic rings. The summed E-state index contributed by atoms with van der Waals surface area (Å²) in [7, 11) is 1.97. The van der Waals surface area contributed by atoms with Crippen LogP contribution >= 0.6 is 0 Å². The van der Waals surface area contributed by atoms with Crippen LogP contribution in [0.15, 0.2) is 48.5 Å². The van der Waals surface area contributed by atoms with Gasteiger partial charge in [0.2, 0.25) is 0 Å². The maximum Gasteiger partial charge on any atom is 0.122 e. The van der Waals surface area contributed by atoms with Crippen molar-refractivity contribution in [3.8, 4) is 5.75 Å². The van der Waals surface area contributed by atoms with Crippen molar-refractivity contribution in [2.75, 3.05) is 7.05 Å². The minimum atomic E-state index is 0.0582. The van der Waals surface area contributed by atoms with E-state index >= 15 is 0 Å². The van der Waals surface area contributed by atoms with Gasteiger partial charge in [0, 0.05) is 0 Å². The molecule has 0 saturated carbocycles. The quantitative estimate of drug-likeness (QED) is 0.884. The molecule has 2 nitrogen and oxygen atoms in total. The highest BCUT2D eigenvalue weighted by atomic mass is 16.5. The smallest absolute Gasteiger partial charge is 0.122 e. The van der Waals surface area contributed by atoms with Gasteiger partial charge in [-0.2, -0.15) is 0 Å². The lowest BCUT2D eigenvalue weighted by Gasteiger charge is -2.26. The monoisotopic (exact) mass is 269 g/mol. The number of hydrogen-bond acceptors (Lipinski definition) is 2. The zero-order chi connectivity index (χ0) is 14.5. The van der Waals surface area contributed by atoms with E-state index in [1.165, 1.54) is 16.7 Å². The number of benzene rings is 2. The molecule has 2 atom stereocenters. The lowest BCUT2D eigenvalue weighted by molar-refractivity contribution is 0.174. The molecule has 2 rings (SSSR count). The number of aryl methyl sites for hydroxylation is 1. The van der Waals surface area contributed by atoms with Gasteiger partial charge in [0.25, 0.3) is 0 Å². The summed E-state index contributed by atoms with van der Waals surface area (Å²) in [5, 5.41) is 3.35. The van der Waals surface area contributed by atoms with Crippen LogP contribution in [0.4, 0.5) is 0 Å². The van der Waals surface area contributed by atoms with Gasteiger partial charge in [-0.25, -0.2) is 0 Å². The topological polar surface area (TPSA) is 21.3 Å². The van der Waals surface area contributed by atoms with Gasteiger partial charge in [0.1, 0.15) is 11.9 Å². The fraction of sp³-hybridized carbons (Fsp3) is 0.333. The second-order valence-corrected chi connectivity index (χ2v) is 5.20. The second kappa shape index (κ2) is 6.58. The Morgan fingerprint density at radius 1 is 0.950 bits per heavy atom. The summed E-state index contributed by atoms with van der Waals surface area (Å²) in [6.45, 7) is 6.32. The fourth-order valence-corrected chi connectivity index (χ4v) is 2.45. The first-order valence-electron chi connectivity index (χ1n) is 7.08. The molecule has 0 spiro atoms. The van der Waals surface area contributed by atoms with Crippen molar-refractivity contribution in [1.82, 2.24) is 5.32 Å². The summed E-state index contributed by atoms with van der Waals surface area (Å²) in [5.41, 5.74) is 3.71. The molecule has 0 amide bonds. The van der Waals surface area contributed by atoms with Gasteiger partial charge in [0.05, 0.1) is 6.04 Å². The van der Waals surface area contributed by atoms with E-state index in [0.717, 1.165) is 5.75 Å². The van der Waals surface area contributed by atoms with Crippen LogP contribution in [0.1, 0.15) is 29.7 Å².